The molecule has 10 heteroatoms. The van der Waals surface area contributed by atoms with Gasteiger partial charge in [0.25, 0.3) is 11.8 Å². The van der Waals surface area contributed by atoms with Crippen LogP contribution in [-0.2, 0) is 24.1 Å². The minimum absolute atomic E-state index is 0.182. The van der Waals surface area contributed by atoms with Gasteiger partial charge in [-0.2, -0.15) is 13.2 Å². The number of hydrogen-bond donors (Lipinski definition) is 1. The number of likely N-dealkylation sites (tertiary alicyclic amines) is 1. The average Bonchev–Trinajstić information content (AvgIpc) is 3.57. The van der Waals surface area contributed by atoms with Crippen molar-refractivity contribution in [3.8, 4) is 0 Å². The summed E-state index contributed by atoms with van der Waals surface area (Å²) < 4.78 is 46.4. The van der Waals surface area contributed by atoms with Crippen molar-refractivity contribution in [3.05, 3.63) is 88.5 Å². The molecule has 0 aliphatic carbocycles. The van der Waals surface area contributed by atoms with Gasteiger partial charge < -0.3 is 19.5 Å². The summed E-state index contributed by atoms with van der Waals surface area (Å²) >= 11 is 0. The maximum absolute atomic E-state index is 13.8. The van der Waals surface area contributed by atoms with Gasteiger partial charge in [0.1, 0.15) is 11.4 Å². The summed E-state index contributed by atoms with van der Waals surface area (Å²) in [6.45, 7) is 3.52. The van der Waals surface area contributed by atoms with E-state index in [4.69, 9.17) is 4.74 Å². The zero-order chi connectivity index (χ0) is 26.9. The third kappa shape index (κ3) is 5.05. The summed E-state index contributed by atoms with van der Waals surface area (Å²) in [5.74, 6) is -0.538. The number of fused-ring (bicyclic) bond motifs is 1. The molecule has 3 aromatic rings. The highest BCUT2D eigenvalue weighted by atomic mass is 19.4. The molecule has 4 heterocycles. The Morgan fingerprint density at radius 3 is 2.63 bits per heavy atom. The van der Waals surface area contributed by atoms with E-state index in [0.717, 1.165) is 18.1 Å². The number of amides is 2. The standard InChI is InChI=1S/C28H29F3N4O3/c1-2-21(18-7-4-3-5-8-18)33-26(36)20-15-23(34-13-14-38-17-24(20)34)27(37)35-12-6-9-22(35)19-10-11-25(32-16-19)28(29,30)31/h3-5,7-8,10-11,15-16,21-22H,2,6,9,12-14,17H2,1H3,(H,33,36)/t21-,22-/m1/s1. The molecular formula is C28H29F3N4O3. The van der Waals surface area contributed by atoms with E-state index in [1.807, 2.05) is 41.8 Å². The van der Waals surface area contributed by atoms with Gasteiger partial charge in [-0.1, -0.05) is 43.3 Å². The number of nitrogens with one attached hydrogen (secondary N) is 1. The molecule has 1 fully saturated rings. The predicted octanol–water partition coefficient (Wildman–Crippen LogP) is 5.29. The molecule has 0 saturated carbocycles. The number of carbonyl (C=O) groups is 2. The first-order valence-corrected chi connectivity index (χ1v) is 12.8. The molecule has 0 spiro atoms. The number of alkyl halides is 3. The number of nitrogens with zero attached hydrogens (tertiary/aromatic N) is 3. The highest BCUT2D eigenvalue weighted by Gasteiger charge is 2.36. The molecule has 0 bridgehead atoms. The van der Waals surface area contributed by atoms with Crippen LogP contribution in [0.1, 0.15) is 81.6 Å². The number of rotatable bonds is 6. The van der Waals surface area contributed by atoms with E-state index < -0.39 is 11.9 Å². The summed E-state index contributed by atoms with van der Waals surface area (Å²) in [5, 5.41) is 3.09. The number of aromatic nitrogens is 2. The number of ether oxygens (including phenoxy) is 1. The summed E-state index contributed by atoms with van der Waals surface area (Å²) in [6.07, 6.45) is -1.28. The minimum Gasteiger partial charge on any atom is -0.373 e. The van der Waals surface area contributed by atoms with E-state index in [0.29, 0.717) is 55.1 Å². The van der Waals surface area contributed by atoms with Gasteiger partial charge in [0.2, 0.25) is 0 Å². The Kier molecular flexibility index (Phi) is 7.25. The summed E-state index contributed by atoms with van der Waals surface area (Å²) in [7, 11) is 0. The van der Waals surface area contributed by atoms with Crippen LogP contribution < -0.4 is 5.32 Å². The van der Waals surface area contributed by atoms with Crippen molar-refractivity contribution in [2.45, 2.75) is 57.6 Å². The molecule has 2 atom stereocenters. The van der Waals surface area contributed by atoms with Gasteiger partial charge in [-0.3, -0.25) is 14.6 Å². The second-order valence-corrected chi connectivity index (χ2v) is 9.57. The topological polar surface area (TPSA) is 76.5 Å². The fourth-order valence-corrected chi connectivity index (χ4v) is 5.31. The van der Waals surface area contributed by atoms with Gasteiger partial charge >= 0.3 is 6.18 Å². The zero-order valence-corrected chi connectivity index (χ0v) is 21.0. The van der Waals surface area contributed by atoms with E-state index in [2.05, 4.69) is 10.3 Å². The second-order valence-electron chi connectivity index (χ2n) is 9.57. The SMILES string of the molecule is CC[C@@H](NC(=O)c1cc(C(=O)N2CCC[C@@H]2c2ccc(C(F)(F)F)nc2)n2c1COCC2)c1ccccc1. The fraction of sp³-hybridized carbons (Fsp3) is 0.393. The van der Waals surface area contributed by atoms with Crippen LogP contribution in [-0.4, -0.2) is 39.4 Å². The highest BCUT2D eigenvalue weighted by molar-refractivity contribution is 6.01. The molecule has 2 aromatic heterocycles. The molecule has 200 valence electrons. The van der Waals surface area contributed by atoms with Crippen LogP contribution in [0.15, 0.2) is 54.7 Å². The molecule has 7 nitrogen and oxygen atoms in total. The van der Waals surface area contributed by atoms with Crippen LogP contribution >= 0.6 is 0 Å². The molecule has 2 aliphatic heterocycles. The number of carbonyl (C=O) groups excluding carboxylic acids is 2. The Labute approximate surface area is 218 Å². The lowest BCUT2D eigenvalue weighted by molar-refractivity contribution is -0.141. The lowest BCUT2D eigenvalue weighted by Crippen LogP contribution is -2.33. The van der Waals surface area contributed by atoms with Crippen molar-refractivity contribution in [1.29, 1.82) is 0 Å². The van der Waals surface area contributed by atoms with Crippen LogP contribution in [0.5, 0.6) is 0 Å². The predicted molar refractivity (Wildman–Crippen MR) is 133 cm³/mol. The van der Waals surface area contributed by atoms with Crippen LogP contribution in [0.3, 0.4) is 0 Å². The third-order valence-corrected chi connectivity index (χ3v) is 7.26. The second kappa shape index (κ2) is 10.6. The molecule has 1 aromatic carbocycles. The van der Waals surface area contributed by atoms with E-state index >= 15 is 0 Å². The quantitative estimate of drug-likeness (QED) is 0.474. The third-order valence-electron chi connectivity index (χ3n) is 7.26. The van der Waals surface area contributed by atoms with E-state index in [1.54, 1.807) is 11.0 Å². The Morgan fingerprint density at radius 1 is 1.16 bits per heavy atom. The Morgan fingerprint density at radius 2 is 1.95 bits per heavy atom. The van der Waals surface area contributed by atoms with E-state index in [-0.39, 0.29) is 30.5 Å². The molecule has 0 radical (unpaired) electrons. The Balaban J connectivity index is 1.41. The first kappa shape index (κ1) is 26.0. The molecule has 1 saturated heterocycles. The van der Waals surface area contributed by atoms with Gasteiger partial charge in [-0.05, 0) is 42.5 Å². The van der Waals surface area contributed by atoms with Gasteiger partial charge in [-0.25, -0.2) is 0 Å². The Hall–Kier alpha value is -3.66. The van der Waals surface area contributed by atoms with Crippen LogP contribution in [0.25, 0.3) is 0 Å². The lowest BCUT2D eigenvalue weighted by Gasteiger charge is -2.26. The van der Waals surface area contributed by atoms with Crippen molar-refractivity contribution in [2.24, 2.45) is 0 Å². The Bertz CT molecular complexity index is 1310. The molecule has 38 heavy (non-hydrogen) atoms. The van der Waals surface area contributed by atoms with Crippen molar-refractivity contribution < 1.29 is 27.5 Å². The summed E-state index contributed by atoms with van der Waals surface area (Å²) in [6, 6.07) is 13.1. The molecule has 5 rings (SSSR count). The van der Waals surface area contributed by atoms with Crippen molar-refractivity contribution >= 4 is 11.8 Å². The van der Waals surface area contributed by atoms with Gasteiger partial charge in [0.05, 0.1) is 36.6 Å². The van der Waals surface area contributed by atoms with Gasteiger partial charge in [0.15, 0.2) is 0 Å². The average molecular weight is 527 g/mol. The fourth-order valence-electron chi connectivity index (χ4n) is 5.31. The first-order chi connectivity index (χ1) is 18.3. The lowest BCUT2D eigenvalue weighted by atomic mass is 10.0. The van der Waals surface area contributed by atoms with Gasteiger partial charge in [0, 0.05) is 19.3 Å². The van der Waals surface area contributed by atoms with Crippen molar-refractivity contribution in [3.63, 3.8) is 0 Å². The maximum atomic E-state index is 13.8. The monoisotopic (exact) mass is 526 g/mol. The van der Waals surface area contributed by atoms with Crippen LogP contribution in [0, 0.1) is 0 Å². The summed E-state index contributed by atoms with van der Waals surface area (Å²) in [5.41, 5.74) is 2.02. The molecule has 0 unspecified atom stereocenters. The van der Waals surface area contributed by atoms with Crippen molar-refractivity contribution in [2.75, 3.05) is 13.2 Å². The number of hydrogen-bond acceptors (Lipinski definition) is 4. The molecule has 2 amide bonds. The smallest absolute Gasteiger partial charge is 0.373 e. The molecular weight excluding hydrogens is 497 g/mol. The summed E-state index contributed by atoms with van der Waals surface area (Å²) in [4.78, 5) is 32.5. The van der Waals surface area contributed by atoms with E-state index in [9.17, 15) is 22.8 Å². The number of benzene rings is 1. The first-order valence-electron chi connectivity index (χ1n) is 12.8. The molecule has 2 aliphatic rings. The normalized spacial score (nSPS) is 18.2. The van der Waals surface area contributed by atoms with Crippen LogP contribution in [0.2, 0.25) is 0 Å². The largest absolute Gasteiger partial charge is 0.433 e. The van der Waals surface area contributed by atoms with Gasteiger partial charge in [-0.15, -0.1) is 0 Å². The van der Waals surface area contributed by atoms with Crippen molar-refractivity contribution in [1.82, 2.24) is 19.8 Å². The number of halogens is 3. The zero-order valence-electron chi connectivity index (χ0n) is 21.0. The highest BCUT2D eigenvalue weighted by Crippen LogP contribution is 2.35. The van der Waals surface area contributed by atoms with Crippen LogP contribution in [0.4, 0.5) is 13.2 Å². The van der Waals surface area contributed by atoms with E-state index in [1.165, 1.54) is 12.3 Å². The molecule has 1 N–H and O–H groups in total. The maximum Gasteiger partial charge on any atom is 0.433 e. The minimum atomic E-state index is -4.52. The number of pyridine rings is 1.